The molecule has 0 saturated carbocycles. The third-order valence-electron chi connectivity index (χ3n) is 10.9. The number of hydrogen-bond donors (Lipinski definition) is 3. The molecule has 0 spiro atoms. The van der Waals surface area contributed by atoms with Gasteiger partial charge >= 0.3 is 18.5 Å². The molecule has 7 rings (SSSR count). The highest BCUT2D eigenvalue weighted by molar-refractivity contribution is 5.86. The Bertz CT molecular complexity index is 2480. The van der Waals surface area contributed by atoms with Gasteiger partial charge < -0.3 is 16.2 Å². The van der Waals surface area contributed by atoms with Gasteiger partial charge in [0.2, 0.25) is 0 Å². The maximum atomic E-state index is 12.8. The van der Waals surface area contributed by atoms with Crippen LogP contribution in [-0.4, -0.2) is 18.3 Å². The summed E-state index contributed by atoms with van der Waals surface area (Å²) in [5, 5.41) is 17.0. The summed E-state index contributed by atoms with van der Waals surface area (Å²) in [7, 11) is 0. The minimum absolute atomic E-state index is 0.00372. The number of alkyl halides is 9. The molecule has 67 heavy (non-hydrogen) atoms. The predicted molar refractivity (Wildman–Crippen MR) is 254 cm³/mol. The monoisotopic (exact) mass is 934 g/mol. The van der Waals surface area contributed by atoms with Crippen LogP contribution in [0.15, 0.2) is 158 Å². The molecule has 0 unspecified atom stereocenters. The van der Waals surface area contributed by atoms with E-state index in [1.54, 1.807) is 18.2 Å². The maximum Gasteiger partial charge on any atom is 0.416 e. The van der Waals surface area contributed by atoms with Crippen molar-refractivity contribution < 1.29 is 44.6 Å². The van der Waals surface area contributed by atoms with Gasteiger partial charge in [-0.05, 0) is 126 Å². The molecule has 0 fully saturated rings. The Kier molecular flexibility index (Phi) is 20.9. The smallest absolute Gasteiger partial charge is 0.396 e. The normalized spacial score (nSPS) is 12.5. The lowest BCUT2D eigenvalue weighted by Gasteiger charge is -2.17. The van der Waals surface area contributed by atoms with Gasteiger partial charge in [0.1, 0.15) is 0 Å². The quantitative estimate of drug-likeness (QED) is 0.0798. The standard InChI is InChI=1S/C22H22F3N.C12H13N.C11H13F3.C10H11F3O/c1-16(20-13-5-10-18-9-2-3-12-21(18)20)26-14-6-8-17-7-4-11-19(15-17)22(23,24)25;1-9(13)11-8-4-6-10-5-2-3-7-12(10)11;1-2-3-5-9-6-4-7-10(8-9)11(12,13)14;11-10(12,13)9-5-1-3-8(7-9)4-2-6-14/h2-5,7,9-13,15-16,26H,6,8,14H2,1H3;2-9H,13H2,1H3;4,6-8H,2-3,5H2,1H3;1,3,5,7,14H,2,4,6H2/t16-;9-;;/m11../s1. The summed E-state index contributed by atoms with van der Waals surface area (Å²) < 4.78 is 112. The van der Waals surface area contributed by atoms with E-state index in [4.69, 9.17) is 10.8 Å². The molecule has 0 aromatic heterocycles. The molecule has 0 aliphatic carbocycles. The lowest BCUT2D eigenvalue weighted by atomic mass is 9.99. The van der Waals surface area contributed by atoms with E-state index in [0.717, 1.165) is 67.6 Å². The van der Waals surface area contributed by atoms with E-state index in [9.17, 15) is 39.5 Å². The van der Waals surface area contributed by atoms with Crippen LogP contribution in [0, 0.1) is 0 Å². The topological polar surface area (TPSA) is 58.3 Å². The van der Waals surface area contributed by atoms with Gasteiger partial charge in [-0.15, -0.1) is 0 Å². The molecule has 0 radical (unpaired) electrons. The molecule has 0 saturated heterocycles. The number of fused-ring (bicyclic) bond motifs is 2. The van der Waals surface area contributed by atoms with Crippen LogP contribution in [0.25, 0.3) is 21.5 Å². The first kappa shape index (κ1) is 53.9. The third kappa shape index (κ3) is 17.8. The number of aliphatic hydroxyl groups excluding tert-OH is 1. The van der Waals surface area contributed by atoms with Crippen molar-refractivity contribution >= 4 is 21.5 Å². The molecule has 0 amide bonds. The van der Waals surface area contributed by atoms with Gasteiger partial charge in [0.25, 0.3) is 0 Å². The van der Waals surface area contributed by atoms with Crippen molar-refractivity contribution in [1.29, 1.82) is 0 Å². The second-order valence-electron chi connectivity index (χ2n) is 16.2. The van der Waals surface area contributed by atoms with Gasteiger partial charge in [0.05, 0.1) is 16.7 Å². The van der Waals surface area contributed by atoms with Gasteiger partial charge in [-0.2, -0.15) is 39.5 Å². The van der Waals surface area contributed by atoms with Crippen molar-refractivity contribution in [2.45, 2.75) is 96.3 Å². The average molecular weight is 935 g/mol. The molecule has 3 nitrogen and oxygen atoms in total. The Morgan fingerprint density at radius 3 is 1.27 bits per heavy atom. The van der Waals surface area contributed by atoms with Crippen molar-refractivity contribution in [3.8, 4) is 0 Å². The number of hydrogen-bond acceptors (Lipinski definition) is 3. The van der Waals surface area contributed by atoms with Crippen LogP contribution >= 0.6 is 0 Å². The predicted octanol–water partition coefficient (Wildman–Crippen LogP) is 15.7. The Labute approximate surface area is 387 Å². The van der Waals surface area contributed by atoms with Crippen molar-refractivity contribution in [3.05, 3.63) is 202 Å². The summed E-state index contributed by atoms with van der Waals surface area (Å²) in [6, 6.07) is 45.7. The Hall–Kier alpha value is -5.69. The summed E-state index contributed by atoms with van der Waals surface area (Å²) in [5.41, 5.74) is 8.67. The van der Waals surface area contributed by atoms with Gasteiger partial charge in [-0.1, -0.05) is 153 Å². The Balaban J connectivity index is 0.000000206. The van der Waals surface area contributed by atoms with Crippen LogP contribution in [0.4, 0.5) is 39.5 Å². The molecule has 358 valence electrons. The van der Waals surface area contributed by atoms with E-state index in [-0.39, 0.29) is 18.7 Å². The lowest BCUT2D eigenvalue weighted by Crippen LogP contribution is -2.20. The van der Waals surface area contributed by atoms with E-state index in [0.29, 0.717) is 24.8 Å². The average Bonchev–Trinajstić information content (AvgIpc) is 3.31. The van der Waals surface area contributed by atoms with Crippen molar-refractivity contribution in [1.82, 2.24) is 5.32 Å². The summed E-state index contributed by atoms with van der Waals surface area (Å²) in [5.74, 6) is 0. The molecule has 0 aliphatic heterocycles. The van der Waals surface area contributed by atoms with Crippen molar-refractivity contribution in [3.63, 3.8) is 0 Å². The van der Waals surface area contributed by atoms with Gasteiger partial charge in [-0.25, -0.2) is 0 Å². The number of nitrogens with two attached hydrogens (primary N) is 1. The highest BCUT2D eigenvalue weighted by Crippen LogP contribution is 2.32. The van der Waals surface area contributed by atoms with Crippen molar-refractivity contribution in [2.24, 2.45) is 5.73 Å². The number of halogens is 9. The summed E-state index contributed by atoms with van der Waals surface area (Å²) in [6.07, 6.45) is -7.76. The molecule has 7 aromatic carbocycles. The van der Waals surface area contributed by atoms with E-state index in [2.05, 4.69) is 72.9 Å². The highest BCUT2D eigenvalue weighted by atomic mass is 19.4. The minimum Gasteiger partial charge on any atom is -0.396 e. The zero-order valence-electron chi connectivity index (χ0n) is 38.0. The van der Waals surface area contributed by atoms with E-state index >= 15 is 0 Å². The van der Waals surface area contributed by atoms with E-state index in [1.807, 2.05) is 38.1 Å². The van der Waals surface area contributed by atoms with Crippen LogP contribution in [0.3, 0.4) is 0 Å². The molecule has 2 atom stereocenters. The summed E-state index contributed by atoms with van der Waals surface area (Å²) >= 11 is 0. The number of benzene rings is 7. The van der Waals surface area contributed by atoms with Gasteiger partial charge in [-0.3, -0.25) is 0 Å². The first-order chi connectivity index (χ1) is 31.8. The third-order valence-corrected chi connectivity index (χ3v) is 10.9. The fraction of sp³-hybridized carbons (Fsp3) is 0.309. The highest BCUT2D eigenvalue weighted by Gasteiger charge is 2.31. The van der Waals surface area contributed by atoms with Crippen LogP contribution in [0.5, 0.6) is 0 Å². The molecule has 4 N–H and O–H groups in total. The largest absolute Gasteiger partial charge is 0.416 e. The lowest BCUT2D eigenvalue weighted by molar-refractivity contribution is -0.138. The number of unbranched alkanes of at least 4 members (excludes halogenated alkanes) is 1. The van der Waals surface area contributed by atoms with Crippen molar-refractivity contribution in [2.75, 3.05) is 13.2 Å². The molecule has 12 heteroatoms. The minimum atomic E-state index is -4.28. The molecule has 0 aliphatic rings. The van der Waals surface area contributed by atoms with Gasteiger partial charge in [0.15, 0.2) is 0 Å². The van der Waals surface area contributed by atoms with Crippen LogP contribution in [0.2, 0.25) is 0 Å². The van der Waals surface area contributed by atoms with E-state index < -0.39 is 35.2 Å². The molecule has 0 bridgehead atoms. The second-order valence-corrected chi connectivity index (χ2v) is 16.2. The number of aliphatic hydroxyl groups is 1. The van der Waals surface area contributed by atoms with Crippen LogP contribution < -0.4 is 11.1 Å². The summed E-state index contributed by atoms with van der Waals surface area (Å²) in [6.45, 7) is 6.90. The maximum absolute atomic E-state index is 12.8. The SMILES string of the molecule is CCCCc1cccc(C(F)(F)F)c1.C[C@@H](N)c1cccc2ccccc12.C[C@@H](NCCCc1cccc(C(F)(F)F)c1)c1cccc2ccccc12.OCCCc1cccc(C(F)(F)F)c1. The number of nitrogens with one attached hydrogen (secondary N) is 1. The fourth-order valence-electron chi connectivity index (χ4n) is 7.37. The van der Waals surface area contributed by atoms with Gasteiger partial charge in [0, 0.05) is 18.7 Å². The number of rotatable bonds is 13. The summed E-state index contributed by atoms with van der Waals surface area (Å²) in [4.78, 5) is 0. The first-order valence-electron chi connectivity index (χ1n) is 22.3. The molecular weight excluding hydrogens is 876 g/mol. The Morgan fingerprint density at radius 2 is 0.851 bits per heavy atom. The van der Waals surface area contributed by atoms with Crippen LogP contribution in [-0.2, 0) is 37.8 Å². The first-order valence-corrected chi connectivity index (χ1v) is 22.3. The van der Waals surface area contributed by atoms with Crippen LogP contribution in [0.1, 0.15) is 103 Å². The fourth-order valence-corrected chi connectivity index (χ4v) is 7.37. The zero-order chi connectivity index (χ0) is 49.0. The molecule has 7 aromatic rings. The van der Waals surface area contributed by atoms with E-state index in [1.165, 1.54) is 63.0 Å². The Morgan fingerprint density at radius 1 is 0.478 bits per heavy atom. The second kappa shape index (κ2) is 26.0. The molecular formula is C55H59F9N2O. The zero-order valence-corrected chi connectivity index (χ0v) is 38.0. The molecule has 0 heterocycles. The number of aryl methyl sites for hydroxylation is 3.